The molecule has 1 aliphatic heterocycles. The van der Waals surface area contributed by atoms with E-state index in [2.05, 4.69) is 48.5 Å². The average Bonchev–Trinajstić information content (AvgIpc) is 2.57. The van der Waals surface area contributed by atoms with Crippen LogP contribution in [0.4, 0.5) is 0 Å². The van der Waals surface area contributed by atoms with E-state index in [9.17, 15) is 0 Å². The normalized spacial score (nSPS) is 20.1. The Bertz CT molecular complexity index is 544. The Morgan fingerprint density at radius 2 is 1.67 bits per heavy atom. The van der Waals surface area contributed by atoms with Crippen molar-refractivity contribution in [3.63, 3.8) is 0 Å². The first-order chi connectivity index (χ1) is 10.3. The number of benzene rings is 2. The van der Waals surface area contributed by atoms with Gasteiger partial charge in [0.25, 0.3) is 0 Å². The van der Waals surface area contributed by atoms with Gasteiger partial charge in [0.1, 0.15) is 0 Å². The summed E-state index contributed by atoms with van der Waals surface area (Å²) in [7, 11) is 0. The molecule has 3 rings (SSSR count). The molecule has 2 atom stereocenters. The van der Waals surface area contributed by atoms with Gasteiger partial charge in [-0.25, -0.2) is 0 Å². The van der Waals surface area contributed by atoms with Crippen molar-refractivity contribution in [2.45, 2.75) is 37.8 Å². The van der Waals surface area contributed by atoms with Crippen molar-refractivity contribution in [1.82, 2.24) is 0 Å². The third-order valence-electron chi connectivity index (χ3n) is 4.24. The summed E-state index contributed by atoms with van der Waals surface area (Å²) in [5.41, 5.74) is 10.0. The Hall–Kier alpha value is -1.64. The maximum Gasteiger partial charge on any atom is 0.0593 e. The van der Waals surface area contributed by atoms with Gasteiger partial charge in [0.15, 0.2) is 0 Å². The van der Waals surface area contributed by atoms with Crippen LogP contribution >= 0.6 is 0 Å². The van der Waals surface area contributed by atoms with Crippen molar-refractivity contribution in [2.75, 3.05) is 6.61 Å². The van der Waals surface area contributed by atoms with Gasteiger partial charge in [0.05, 0.1) is 6.10 Å². The Balaban J connectivity index is 1.66. The Labute approximate surface area is 126 Å². The van der Waals surface area contributed by atoms with Crippen LogP contribution in [0.5, 0.6) is 0 Å². The van der Waals surface area contributed by atoms with Crippen molar-refractivity contribution in [2.24, 2.45) is 5.73 Å². The molecule has 1 heterocycles. The molecule has 0 aromatic heterocycles. The predicted molar refractivity (Wildman–Crippen MR) is 87.0 cm³/mol. The van der Waals surface area contributed by atoms with E-state index < -0.39 is 0 Å². The third-order valence-corrected chi connectivity index (χ3v) is 4.24. The molecule has 2 nitrogen and oxygen atoms in total. The molecule has 0 amide bonds. The lowest BCUT2D eigenvalue weighted by Gasteiger charge is -2.25. The molecule has 0 bridgehead atoms. The molecule has 2 aromatic rings. The summed E-state index contributed by atoms with van der Waals surface area (Å²) in [6.45, 7) is 0.893. The van der Waals surface area contributed by atoms with Crippen molar-refractivity contribution in [1.29, 1.82) is 0 Å². The first-order valence-corrected chi connectivity index (χ1v) is 7.85. The van der Waals surface area contributed by atoms with Crippen LogP contribution < -0.4 is 5.73 Å². The fourth-order valence-electron chi connectivity index (χ4n) is 2.97. The van der Waals surface area contributed by atoms with Crippen molar-refractivity contribution < 1.29 is 4.74 Å². The van der Waals surface area contributed by atoms with Gasteiger partial charge in [0, 0.05) is 12.6 Å². The van der Waals surface area contributed by atoms with Crippen LogP contribution in [0.3, 0.4) is 0 Å². The smallest absolute Gasteiger partial charge is 0.0593 e. The SMILES string of the molecule is NC(CC1CCCCO1)c1ccc(-c2ccccc2)cc1. The van der Waals surface area contributed by atoms with E-state index in [1.165, 1.54) is 29.5 Å². The van der Waals surface area contributed by atoms with Gasteiger partial charge in [-0.3, -0.25) is 0 Å². The molecule has 110 valence electrons. The molecule has 1 fully saturated rings. The lowest BCUT2D eigenvalue weighted by Crippen LogP contribution is -2.24. The van der Waals surface area contributed by atoms with E-state index in [1.807, 2.05) is 6.07 Å². The highest BCUT2D eigenvalue weighted by atomic mass is 16.5. The van der Waals surface area contributed by atoms with E-state index >= 15 is 0 Å². The molecule has 0 spiro atoms. The monoisotopic (exact) mass is 281 g/mol. The lowest BCUT2D eigenvalue weighted by molar-refractivity contribution is 0.00730. The Morgan fingerprint density at radius 1 is 0.952 bits per heavy atom. The first kappa shape index (κ1) is 14.3. The van der Waals surface area contributed by atoms with E-state index in [0.29, 0.717) is 6.10 Å². The minimum atomic E-state index is 0.0675. The molecule has 0 radical (unpaired) electrons. The quantitative estimate of drug-likeness (QED) is 0.906. The molecule has 0 aliphatic carbocycles. The molecule has 21 heavy (non-hydrogen) atoms. The molecular formula is C19H23NO. The molecule has 1 aliphatic rings. The largest absolute Gasteiger partial charge is 0.378 e. The highest BCUT2D eigenvalue weighted by molar-refractivity contribution is 5.63. The Kier molecular flexibility index (Phi) is 4.69. The van der Waals surface area contributed by atoms with Gasteiger partial charge in [-0.1, -0.05) is 54.6 Å². The fraction of sp³-hybridized carbons (Fsp3) is 0.368. The maximum absolute atomic E-state index is 6.33. The van der Waals surface area contributed by atoms with Crippen LogP contribution in [0.2, 0.25) is 0 Å². The van der Waals surface area contributed by atoms with Crippen molar-refractivity contribution >= 4 is 0 Å². The highest BCUT2D eigenvalue weighted by Gasteiger charge is 2.18. The summed E-state index contributed by atoms with van der Waals surface area (Å²) >= 11 is 0. The van der Waals surface area contributed by atoms with Gasteiger partial charge in [-0.05, 0) is 42.4 Å². The van der Waals surface area contributed by atoms with Crippen LogP contribution in [0, 0.1) is 0 Å². The summed E-state index contributed by atoms with van der Waals surface area (Å²) in [6.07, 6.45) is 4.87. The molecule has 1 saturated heterocycles. The van der Waals surface area contributed by atoms with Gasteiger partial charge in [-0.15, -0.1) is 0 Å². The molecule has 0 saturated carbocycles. The fourth-order valence-corrected chi connectivity index (χ4v) is 2.97. The second kappa shape index (κ2) is 6.88. The van der Waals surface area contributed by atoms with Crippen LogP contribution in [0.15, 0.2) is 54.6 Å². The molecule has 2 unspecified atom stereocenters. The zero-order valence-corrected chi connectivity index (χ0v) is 12.4. The summed E-state index contributed by atoms with van der Waals surface area (Å²) in [5, 5.41) is 0. The van der Waals surface area contributed by atoms with Crippen molar-refractivity contribution in [3.8, 4) is 11.1 Å². The summed E-state index contributed by atoms with van der Waals surface area (Å²) in [6, 6.07) is 19.1. The van der Waals surface area contributed by atoms with E-state index in [4.69, 9.17) is 10.5 Å². The number of hydrogen-bond donors (Lipinski definition) is 1. The maximum atomic E-state index is 6.33. The summed E-state index contributed by atoms with van der Waals surface area (Å²) < 4.78 is 5.78. The molecular weight excluding hydrogens is 258 g/mol. The minimum absolute atomic E-state index is 0.0675. The minimum Gasteiger partial charge on any atom is -0.378 e. The molecule has 2 N–H and O–H groups in total. The third kappa shape index (κ3) is 3.72. The topological polar surface area (TPSA) is 35.2 Å². The van der Waals surface area contributed by atoms with Gasteiger partial charge in [0.2, 0.25) is 0 Å². The van der Waals surface area contributed by atoms with Crippen LogP contribution in [0.25, 0.3) is 11.1 Å². The Morgan fingerprint density at radius 3 is 2.33 bits per heavy atom. The van der Waals surface area contributed by atoms with E-state index in [1.54, 1.807) is 0 Å². The molecule has 2 heteroatoms. The molecule has 2 aromatic carbocycles. The number of ether oxygens (including phenoxy) is 1. The van der Waals surface area contributed by atoms with Crippen LogP contribution in [0.1, 0.15) is 37.3 Å². The predicted octanol–water partition coefficient (Wildman–Crippen LogP) is 4.31. The van der Waals surface area contributed by atoms with E-state index in [0.717, 1.165) is 19.4 Å². The summed E-state index contributed by atoms with van der Waals surface area (Å²) in [4.78, 5) is 0. The van der Waals surface area contributed by atoms with Gasteiger partial charge in [-0.2, -0.15) is 0 Å². The van der Waals surface area contributed by atoms with Crippen LogP contribution in [-0.4, -0.2) is 12.7 Å². The average molecular weight is 281 g/mol. The zero-order chi connectivity index (χ0) is 14.5. The van der Waals surface area contributed by atoms with Crippen molar-refractivity contribution in [3.05, 3.63) is 60.2 Å². The number of nitrogens with two attached hydrogens (primary N) is 1. The first-order valence-electron chi connectivity index (χ1n) is 7.85. The standard InChI is InChI=1S/C19H23NO/c20-19(14-18-8-4-5-13-21-18)17-11-9-16(10-12-17)15-6-2-1-3-7-15/h1-3,6-7,9-12,18-19H,4-5,8,13-14,20H2. The second-order valence-corrected chi connectivity index (χ2v) is 5.82. The lowest BCUT2D eigenvalue weighted by atomic mass is 9.95. The highest BCUT2D eigenvalue weighted by Crippen LogP contribution is 2.25. The zero-order valence-electron chi connectivity index (χ0n) is 12.4. The number of hydrogen-bond acceptors (Lipinski definition) is 2. The summed E-state index contributed by atoms with van der Waals surface area (Å²) in [5.74, 6) is 0. The van der Waals surface area contributed by atoms with Gasteiger partial charge < -0.3 is 10.5 Å². The van der Waals surface area contributed by atoms with E-state index in [-0.39, 0.29) is 6.04 Å². The van der Waals surface area contributed by atoms with Gasteiger partial charge >= 0.3 is 0 Å². The second-order valence-electron chi connectivity index (χ2n) is 5.82. The number of rotatable bonds is 4. The van der Waals surface area contributed by atoms with Crippen LogP contribution in [-0.2, 0) is 4.74 Å².